The molecule has 0 bridgehead atoms. The van der Waals surface area contributed by atoms with Gasteiger partial charge in [0.2, 0.25) is 0 Å². The Morgan fingerprint density at radius 1 is 1.82 bits per heavy atom. The third-order valence-electron chi connectivity index (χ3n) is 0.704. The molecule has 0 aromatic heterocycles. The van der Waals surface area contributed by atoms with Crippen molar-refractivity contribution in [3.8, 4) is 6.07 Å². The molecule has 2 N–H and O–H groups in total. The minimum atomic E-state index is -0.760. The molecule has 0 aliphatic rings. The van der Waals surface area contributed by atoms with E-state index in [9.17, 15) is 4.79 Å². The predicted molar refractivity (Wildman–Crippen MR) is 33.9 cm³/mol. The Morgan fingerprint density at radius 2 is 2.36 bits per heavy atom. The van der Waals surface area contributed by atoms with Crippen LogP contribution in [0.4, 0.5) is 0 Å². The maximum atomic E-state index is 10.5. The molecule has 0 saturated heterocycles. The molecule has 0 spiro atoms. The quantitative estimate of drug-likeness (QED) is 0.107. The van der Waals surface area contributed by atoms with Gasteiger partial charge in [-0.3, -0.25) is 0 Å². The first-order chi connectivity index (χ1) is 4.72. The Labute approximate surface area is 86.7 Å². The Kier molecular flexibility index (Phi) is 9.07. The van der Waals surface area contributed by atoms with Gasteiger partial charge in [0.15, 0.2) is 0 Å². The van der Waals surface area contributed by atoms with E-state index < -0.39 is 11.7 Å². The van der Waals surface area contributed by atoms with E-state index >= 15 is 0 Å². The van der Waals surface area contributed by atoms with Crippen LogP contribution in [-0.2, 0) is 9.53 Å². The summed E-state index contributed by atoms with van der Waals surface area (Å²) in [6, 6.07) is 1.56. The second-order valence-corrected chi connectivity index (χ2v) is 1.41. The smallest absolute Gasteiger partial charge is 0.588 e. The minimum absolute atomic E-state index is 0. The van der Waals surface area contributed by atoms with Gasteiger partial charge in [0.25, 0.3) is 0 Å². The van der Waals surface area contributed by atoms with Crippen molar-refractivity contribution in [3.05, 3.63) is 11.8 Å². The number of carbonyl (C=O) groups excluding carboxylic acids is 1. The van der Waals surface area contributed by atoms with Crippen LogP contribution in [0.3, 0.4) is 0 Å². The van der Waals surface area contributed by atoms with Crippen LogP contribution in [0.2, 0.25) is 0 Å². The first kappa shape index (κ1) is 13.1. The van der Waals surface area contributed by atoms with Crippen molar-refractivity contribution in [1.82, 2.24) is 0 Å². The summed E-state index contributed by atoms with van der Waals surface area (Å²) in [5, 5.41) is 14.8. The van der Waals surface area contributed by atoms with E-state index in [0.29, 0.717) is 0 Å². The molecular formula is C6H8NNaO3+2. The Balaban J connectivity index is 0. The van der Waals surface area contributed by atoms with Gasteiger partial charge in [-0.2, -0.15) is 5.26 Å². The molecule has 0 atom stereocenters. The van der Waals surface area contributed by atoms with Gasteiger partial charge in [0.05, 0.1) is 6.61 Å². The predicted octanol–water partition coefficient (Wildman–Crippen LogP) is -3.31. The number of nitrogens with zero attached hydrogens (tertiary/aromatic N) is 1. The third-order valence-corrected chi connectivity index (χ3v) is 0.704. The molecule has 0 heterocycles. The zero-order valence-electron chi connectivity index (χ0n) is 6.55. The average Bonchev–Trinajstić information content (AvgIpc) is 1.89. The molecule has 0 aliphatic carbocycles. The van der Waals surface area contributed by atoms with Crippen LogP contribution in [-0.4, -0.2) is 17.7 Å². The summed E-state index contributed by atoms with van der Waals surface area (Å²) in [6.07, 6.45) is 0.831. The first-order valence-corrected chi connectivity index (χ1v) is 2.70. The molecule has 0 unspecified atom stereocenters. The fourth-order valence-corrected chi connectivity index (χ4v) is 0.332. The van der Waals surface area contributed by atoms with E-state index in [2.05, 4.69) is 4.74 Å². The van der Waals surface area contributed by atoms with Crippen LogP contribution in [0.25, 0.3) is 0 Å². The van der Waals surface area contributed by atoms with Crippen LogP contribution in [0.1, 0.15) is 6.92 Å². The fraction of sp³-hybridized carbons (Fsp3) is 0.333. The molecule has 4 nitrogen and oxygen atoms in total. The third kappa shape index (κ3) is 5.92. The van der Waals surface area contributed by atoms with E-state index in [4.69, 9.17) is 10.4 Å². The van der Waals surface area contributed by atoms with Crippen LogP contribution in [0, 0.1) is 11.3 Å². The van der Waals surface area contributed by atoms with Crippen molar-refractivity contribution in [2.24, 2.45) is 0 Å². The topological polar surface area (TPSA) is 73.0 Å². The molecule has 0 amide bonds. The maximum absolute atomic E-state index is 10.5. The number of allylic oxidation sites excluding steroid dienone is 1. The standard InChI is InChI=1S/C6H7NO3.Na/c1-2-10-6(9)5(8)3-4-7;/h3,8H,2H2,1H3;/q;+1/p+1/b5-3+;. The number of esters is 1. The van der Waals surface area contributed by atoms with Gasteiger partial charge in [0, 0.05) is 0 Å². The van der Waals surface area contributed by atoms with Crippen molar-refractivity contribution in [1.29, 1.82) is 5.26 Å². The monoisotopic (exact) mass is 165 g/mol. The molecule has 0 aromatic carbocycles. The summed E-state index contributed by atoms with van der Waals surface area (Å²) in [5.74, 6) is -1.17. The average molecular weight is 165 g/mol. The summed E-state index contributed by atoms with van der Waals surface area (Å²) < 4.78 is 4.41. The molecule has 54 valence electrons. The van der Waals surface area contributed by atoms with E-state index in [1.165, 1.54) is 0 Å². The molecule has 5 heteroatoms. The van der Waals surface area contributed by atoms with E-state index in [1.807, 2.05) is 0 Å². The molecule has 0 rings (SSSR count). The summed E-state index contributed by atoms with van der Waals surface area (Å²) in [7, 11) is 0. The van der Waals surface area contributed by atoms with Crippen LogP contribution in [0.15, 0.2) is 11.8 Å². The Morgan fingerprint density at radius 3 is 2.73 bits per heavy atom. The molecule has 0 radical (unpaired) electrons. The number of carbonyl (C=O) groups is 1. The maximum Gasteiger partial charge on any atom is 1.00 e. The molecule has 11 heavy (non-hydrogen) atoms. The van der Waals surface area contributed by atoms with E-state index in [1.54, 1.807) is 13.0 Å². The molecule has 0 saturated carbocycles. The first-order valence-electron chi connectivity index (χ1n) is 2.70. The van der Waals surface area contributed by atoms with E-state index in [0.717, 1.165) is 6.08 Å². The minimum Gasteiger partial charge on any atom is -0.588 e. The van der Waals surface area contributed by atoms with Gasteiger partial charge < -0.3 is 9.84 Å². The zero-order chi connectivity index (χ0) is 7.98. The number of nitriles is 1. The molecule has 0 aliphatic heterocycles. The van der Waals surface area contributed by atoms with Crippen molar-refractivity contribution in [2.75, 3.05) is 6.61 Å². The second kappa shape index (κ2) is 7.61. The Hall–Kier alpha value is -0.500. The molecule has 0 aromatic rings. The largest absolute Gasteiger partial charge is 1.00 e. The summed E-state index contributed by atoms with van der Waals surface area (Å²) in [6.45, 7) is 1.86. The number of rotatable bonds is 2. The van der Waals surface area contributed by atoms with Crippen molar-refractivity contribution in [3.63, 3.8) is 0 Å². The zero-order valence-corrected chi connectivity index (χ0v) is 8.55. The second-order valence-electron chi connectivity index (χ2n) is 1.41. The summed E-state index contributed by atoms with van der Waals surface area (Å²) >= 11 is 0. The van der Waals surface area contributed by atoms with Crippen molar-refractivity contribution >= 4 is 5.97 Å². The van der Waals surface area contributed by atoms with Crippen LogP contribution < -0.4 is 29.6 Å². The van der Waals surface area contributed by atoms with Crippen molar-refractivity contribution < 1.29 is 44.2 Å². The van der Waals surface area contributed by atoms with Gasteiger partial charge in [-0.25, -0.2) is 4.79 Å². The molecule has 0 fully saturated rings. The SMILES string of the molecule is CCOC(=O)/C([OH2+])=C\C#N.[Na+]. The van der Waals surface area contributed by atoms with Gasteiger partial charge in [-0.15, -0.1) is 0 Å². The fourth-order valence-electron chi connectivity index (χ4n) is 0.332. The van der Waals surface area contributed by atoms with E-state index in [-0.39, 0.29) is 36.2 Å². The van der Waals surface area contributed by atoms with Gasteiger partial charge in [-0.05, 0) is 6.92 Å². The van der Waals surface area contributed by atoms with Crippen LogP contribution >= 0.6 is 0 Å². The number of ether oxygens (including phenoxy) is 1. The van der Waals surface area contributed by atoms with Gasteiger partial charge >= 0.3 is 41.3 Å². The number of hydrogen-bond acceptors (Lipinski definition) is 3. The number of hydrogen-bond donors (Lipinski definition) is 0. The normalized spacial score (nSPS) is 9.27. The summed E-state index contributed by atoms with van der Waals surface area (Å²) in [5.41, 5.74) is 0. The Bertz CT molecular complexity index is 194. The van der Waals surface area contributed by atoms with Gasteiger partial charge in [0.1, 0.15) is 12.1 Å². The summed E-state index contributed by atoms with van der Waals surface area (Å²) in [4.78, 5) is 10.5. The van der Waals surface area contributed by atoms with Gasteiger partial charge in [-0.1, -0.05) is 0 Å². The van der Waals surface area contributed by atoms with Crippen molar-refractivity contribution in [2.45, 2.75) is 6.92 Å². The van der Waals surface area contributed by atoms with Crippen LogP contribution in [0.5, 0.6) is 0 Å². The molecular weight excluding hydrogens is 157 g/mol.